The molecule has 0 radical (unpaired) electrons. The zero-order valence-electron chi connectivity index (χ0n) is 8.77. The number of hydrogen-bond donors (Lipinski definition) is 1. The topological polar surface area (TPSA) is 20.2 Å². The van der Waals surface area contributed by atoms with E-state index in [1.165, 1.54) is 19.3 Å². The summed E-state index contributed by atoms with van der Waals surface area (Å²) in [4.78, 5) is 0. The van der Waals surface area contributed by atoms with Crippen molar-refractivity contribution in [3.05, 3.63) is 0 Å². The van der Waals surface area contributed by atoms with Crippen LogP contribution in [0.1, 0.15) is 51.9 Å². The summed E-state index contributed by atoms with van der Waals surface area (Å²) in [6.45, 7) is 2.21. The van der Waals surface area contributed by atoms with Crippen LogP contribution in [0.25, 0.3) is 0 Å². The molecule has 0 aliphatic rings. The van der Waals surface area contributed by atoms with Gasteiger partial charge in [-0.15, -0.1) is 0 Å². The van der Waals surface area contributed by atoms with Gasteiger partial charge in [0.25, 0.3) is 0 Å². The third-order valence-electron chi connectivity index (χ3n) is 2.39. The number of halogens is 1. The van der Waals surface area contributed by atoms with E-state index in [-0.39, 0.29) is 6.67 Å². The molecular weight excluding hydrogens is 167 g/mol. The molecule has 1 nitrogen and oxygen atoms in total. The molecule has 1 atom stereocenters. The number of aliphatic hydroxyl groups is 1. The normalized spacial score (nSPS) is 13.2. The van der Waals surface area contributed by atoms with E-state index in [9.17, 15) is 4.39 Å². The maximum Gasteiger partial charge on any atom is 0.0894 e. The molecule has 0 aliphatic carbocycles. The molecule has 1 N–H and O–H groups in total. The largest absolute Gasteiger partial charge is 0.396 e. The van der Waals surface area contributed by atoms with Crippen molar-refractivity contribution in [2.45, 2.75) is 51.9 Å². The molecule has 13 heavy (non-hydrogen) atoms. The summed E-state index contributed by atoms with van der Waals surface area (Å²) in [6, 6.07) is 0. The molecule has 1 unspecified atom stereocenters. The molecule has 0 amide bonds. The average Bonchev–Trinajstić information content (AvgIpc) is 2.16. The first-order valence-electron chi connectivity index (χ1n) is 5.48. The van der Waals surface area contributed by atoms with Gasteiger partial charge in [-0.1, -0.05) is 39.0 Å². The van der Waals surface area contributed by atoms with Gasteiger partial charge in [-0.05, 0) is 18.8 Å². The van der Waals surface area contributed by atoms with Crippen molar-refractivity contribution in [1.29, 1.82) is 0 Å². The number of hydrogen-bond acceptors (Lipinski definition) is 1. The van der Waals surface area contributed by atoms with Crippen LogP contribution in [0.4, 0.5) is 4.39 Å². The molecule has 0 aromatic carbocycles. The Kier molecular flexibility index (Phi) is 9.89. The fourth-order valence-corrected chi connectivity index (χ4v) is 1.39. The van der Waals surface area contributed by atoms with Crippen LogP contribution >= 0.6 is 0 Å². The molecule has 0 rings (SSSR count). The molecule has 0 spiro atoms. The fraction of sp³-hybridized carbons (Fsp3) is 1.00. The first kappa shape index (κ1) is 12.9. The van der Waals surface area contributed by atoms with Crippen LogP contribution in [0.5, 0.6) is 0 Å². The van der Waals surface area contributed by atoms with E-state index in [4.69, 9.17) is 5.11 Å². The van der Waals surface area contributed by atoms with Gasteiger partial charge in [-0.2, -0.15) is 0 Å². The zero-order chi connectivity index (χ0) is 9.94. The Morgan fingerprint density at radius 2 is 1.54 bits per heavy atom. The van der Waals surface area contributed by atoms with Crippen LogP contribution in [-0.4, -0.2) is 18.4 Å². The highest BCUT2D eigenvalue weighted by Crippen LogP contribution is 2.11. The second kappa shape index (κ2) is 9.97. The Balaban J connectivity index is 2.91. The van der Waals surface area contributed by atoms with E-state index in [0.29, 0.717) is 12.5 Å². The Bertz CT molecular complexity index is 96.1. The second-order valence-corrected chi connectivity index (χ2v) is 3.89. The van der Waals surface area contributed by atoms with Gasteiger partial charge < -0.3 is 5.11 Å². The minimum absolute atomic E-state index is 0.165. The van der Waals surface area contributed by atoms with Crippen molar-refractivity contribution >= 4 is 0 Å². The van der Waals surface area contributed by atoms with Crippen molar-refractivity contribution in [2.24, 2.45) is 5.92 Å². The van der Waals surface area contributed by atoms with E-state index in [0.717, 1.165) is 25.7 Å². The van der Waals surface area contributed by atoms with Gasteiger partial charge in [-0.25, -0.2) is 0 Å². The third-order valence-corrected chi connectivity index (χ3v) is 2.39. The lowest BCUT2D eigenvalue weighted by molar-refractivity contribution is 0.227. The van der Waals surface area contributed by atoms with E-state index < -0.39 is 0 Å². The van der Waals surface area contributed by atoms with Crippen LogP contribution in [0.15, 0.2) is 0 Å². The predicted molar refractivity (Wildman–Crippen MR) is 54.5 cm³/mol. The highest BCUT2D eigenvalue weighted by Gasteiger charge is 1.98. The summed E-state index contributed by atoms with van der Waals surface area (Å²) in [7, 11) is 0. The Hall–Kier alpha value is -0.110. The predicted octanol–water partition coefficient (Wildman–Crippen LogP) is 3.32. The van der Waals surface area contributed by atoms with Crippen molar-refractivity contribution < 1.29 is 9.50 Å². The zero-order valence-corrected chi connectivity index (χ0v) is 8.77. The van der Waals surface area contributed by atoms with Crippen LogP contribution in [0, 0.1) is 5.92 Å². The summed E-state index contributed by atoms with van der Waals surface area (Å²) in [5.41, 5.74) is 0. The SMILES string of the molecule is CC(CO)CCCCCCCCF. The molecule has 2 heteroatoms. The van der Waals surface area contributed by atoms with Gasteiger partial charge in [0, 0.05) is 6.61 Å². The smallest absolute Gasteiger partial charge is 0.0894 e. The van der Waals surface area contributed by atoms with Crippen LogP contribution in [0.2, 0.25) is 0 Å². The molecule has 0 aromatic rings. The van der Waals surface area contributed by atoms with Gasteiger partial charge >= 0.3 is 0 Å². The molecule has 0 heterocycles. The van der Waals surface area contributed by atoms with Crippen molar-refractivity contribution in [2.75, 3.05) is 13.3 Å². The molecule has 0 bridgehead atoms. The van der Waals surface area contributed by atoms with Crippen LogP contribution in [0.3, 0.4) is 0 Å². The third kappa shape index (κ3) is 9.81. The van der Waals surface area contributed by atoms with Gasteiger partial charge in [0.15, 0.2) is 0 Å². The quantitative estimate of drug-likeness (QED) is 0.553. The molecule has 0 saturated carbocycles. The lowest BCUT2D eigenvalue weighted by Crippen LogP contribution is -1.99. The maximum absolute atomic E-state index is 11.7. The highest BCUT2D eigenvalue weighted by molar-refractivity contribution is 4.51. The minimum atomic E-state index is -0.165. The van der Waals surface area contributed by atoms with Gasteiger partial charge in [-0.3, -0.25) is 4.39 Å². The van der Waals surface area contributed by atoms with Crippen LogP contribution < -0.4 is 0 Å². The Labute approximate surface area is 81.3 Å². The van der Waals surface area contributed by atoms with E-state index in [2.05, 4.69) is 6.92 Å². The first-order valence-corrected chi connectivity index (χ1v) is 5.48. The number of aliphatic hydroxyl groups excluding tert-OH is 1. The number of rotatable bonds is 9. The summed E-state index contributed by atoms with van der Waals surface area (Å²) in [6.07, 6.45) is 7.71. The lowest BCUT2D eigenvalue weighted by Gasteiger charge is -2.06. The van der Waals surface area contributed by atoms with Crippen LogP contribution in [-0.2, 0) is 0 Å². The number of unbranched alkanes of at least 4 members (excludes halogenated alkanes) is 5. The first-order chi connectivity index (χ1) is 6.31. The number of alkyl halides is 1. The van der Waals surface area contributed by atoms with E-state index in [1.54, 1.807) is 0 Å². The lowest BCUT2D eigenvalue weighted by atomic mass is 10.0. The van der Waals surface area contributed by atoms with Gasteiger partial charge in [0.2, 0.25) is 0 Å². The summed E-state index contributed by atoms with van der Waals surface area (Å²) < 4.78 is 11.7. The standard InChI is InChI=1S/C11H23FO/c1-11(10-13)8-6-4-2-3-5-7-9-12/h11,13H,2-10H2,1H3. The Morgan fingerprint density at radius 1 is 1.00 bits per heavy atom. The second-order valence-electron chi connectivity index (χ2n) is 3.89. The summed E-state index contributed by atoms with van der Waals surface area (Å²) in [5.74, 6) is 0.450. The maximum atomic E-state index is 11.7. The summed E-state index contributed by atoms with van der Waals surface area (Å²) >= 11 is 0. The van der Waals surface area contributed by atoms with E-state index >= 15 is 0 Å². The van der Waals surface area contributed by atoms with Crippen molar-refractivity contribution in [1.82, 2.24) is 0 Å². The van der Waals surface area contributed by atoms with Crippen molar-refractivity contribution in [3.63, 3.8) is 0 Å². The van der Waals surface area contributed by atoms with Gasteiger partial charge in [0.05, 0.1) is 6.67 Å². The Morgan fingerprint density at radius 3 is 2.08 bits per heavy atom. The van der Waals surface area contributed by atoms with Crippen molar-refractivity contribution in [3.8, 4) is 0 Å². The molecule has 0 aliphatic heterocycles. The molecule has 0 aromatic heterocycles. The molecule has 0 fully saturated rings. The monoisotopic (exact) mass is 190 g/mol. The average molecular weight is 190 g/mol. The minimum Gasteiger partial charge on any atom is -0.396 e. The fourth-order valence-electron chi connectivity index (χ4n) is 1.39. The highest BCUT2D eigenvalue weighted by atomic mass is 19.1. The molecular formula is C11H23FO. The molecule has 80 valence electrons. The summed E-state index contributed by atoms with van der Waals surface area (Å²) in [5, 5.41) is 8.77. The van der Waals surface area contributed by atoms with Gasteiger partial charge in [0.1, 0.15) is 0 Å². The molecule has 0 saturated heterocycles. The van der Waals surface area contributed by atoms with E-state index in [1.807, 2.05) is 0 Å².